The smallest absolute Gasteiger partial charge is 0.0164 e. The lowest BCUT2D eigenvalue weighted by atomic mass is 10.0. The van der Waals surface area contributed by atoms with E-state index < -0.39 is 0 Å². The van der Waals surface area contributed by atoms with E-state index in [2.05, 4.69) is 33.0 Å². The van der Waals surface area contributed by atoms with Crippen molar-refractivity contribution in [2.45, 2.75) is 46.2 Å². The number of hydrogen-bond acceptors (Lipinski definition) is 2. The van der Waals surface area contributed by atoms with Crippen LogP contribution in [0.4, 0.5) is 0 Å². The summed E-state index contributed by atoms with van der Waals surface area (Å²) in [5, 5.41) is 3.49. The van der Waals surface area contributed by atoms with Gasteiger partial charge in [-0.25, -0.2) is 0 Å². The Morgan fingerprint density at radius 1 is 1.27 bits per heavy atom. The quantitative estimate of drug-likeness (QED) is 0.634. The fourth-order valence-corrected chi connectivity index (χ4v) is 1.22. The van der Waals surface area contributed by atoms with Gasteiger partial charge in [0.2, 0.25) is 0 Å². The molecule has 0 amide bonds. The molecule has 0 aromatic heterocycles. The molecule has 0 aromatic rings. The third-order valence-electron chi connectivity index (χ3n) is 2.10. The highest BCUT2D eigenvalue weighted by atomic mass is 15.0. The van der Waals surface area contributed by atoms with Gasteiger partial charge in [-0.3, -0.25) is 0 Å². The second-order valence-corrected chi connectivity index (χ2v) is 3.56. The second kappa shape index (κ2) is 5.56. The molecule has 0 aliphatic rings. The SMILES string of the molecule is CCC(NC(C)CN)C(C)C. The molecule has 11 heavy (non-hydrogen) atoms. The van der Waals surface area contributed by atoms with Crippen LogP contribution in [0.25, 0.3) is 0 Å². The molecule has 0 bridgehead atoms. The van der Waals surface area contributed by atoms with E-state index in [0.29, 0.717) is 18.0 Å². The number of nitrogens with two attached hydrogens (primary N) is 1. The van der Waals surface area contributed by atoms with E-state index in [1.165, 1.54) is 6.42 Å². The van der Waals surface area contributed by atoms with Crippen LogP contribution in [-0.2, 0) is 0 Å². The number of nitrogens with one attached hydrogen (secondary N) is 1. The first kappa shape index (κ1) is 10.9. The van der Waals surface area contributed by atoms with Crippen molar-refractivity contribution in [3.8, 4) is 0 Å². The summed E-state index contributed by atoms with van der Waals surface area (Å²) in [6, 6.07) is 1.07. The Balaban J connectivity index is 3.68. The summed E-state index contributed by atoms with van der Waals surface area (Å²) in [4.78, 5) is 0. The van der Waals surface area contributed by atoms with Crippen LogP contribution >= 0.6 is 0 Å². The van der Waals surface area contributed by atoms with Gasteiger partial charge in [0.05, 0.1) is 0 Å². The molecule has 0 spiro atoms. The predicted octanol–water partition coefficient (Wildman–Crippen LogP) is 1.36. The van der Waals surface area contributed by atoms with Crippen LogP contribution in [0.2, 0.25) is 0 Å². The summed E-state index contributed by atoms with van der Waals surface area (Å²) in [5.41, 5.74) is 5.51. The van der Waals surface area contributed by atoms with E-state index in [1.807, 2.05) is 0 Å². The Morgan fingerprint density at radius 2 is 1.82 bits per heavy atom. The first-order valence-corrected chi connectivity index (χ1v) is 4.57. The zero-order valence-electron chi connectivity index (χ0n) is 8.22. The minimum absolute atomic E-state index is 0.447. The zero-order chi connectivity index (χ0) is 8.85. The molecule has 2 nitrogen and oxygen atoms in total. The normalized spacial score (nSPS) is 16.9. The molecule has 2 heteroatoms. The highest BCUT2D eigenvalue weighted by Crippen LogP contribution is 2.05. The standard InChI is InChI=1S/C9H22N2/c1-5-9(7(2)3)11-8(4)6-10/h7-9,11H,5-6,10H2,1-4H3. The Bertz CT molecular complexity index is 91.6. The van der Waals surface area contributed by atoms with Crippen molar-refractivity contribution in [2.24, 2.45) is 11.7 Å². The van der Waals surface area contributed by atoms with Crippen molar-refractivity contribution in [2.75, 3.05) is 6.54 Å². The maximum absolute atomic E-state index is 5.51. The summed E-state index contributed by atoms with van der Waals surface area (Å²) < 4.78 is 0. The average Bonchev–Trinajstić information content (AvgIpc) is 1.99. The predicted molar refractivity (Wildman–Crippen MR) is 50.6 cm³/mol. The van der Waals surface area contributed by atoms with Crippen molar-refractivity contribution < 1.29 is 0 Å². The van der Waals surface area contributed by atoms with Gasteiger partial charge in [-0.05, 0) is 19.3 Å². The van der Waals surface area contributed by atoms with Gasteiger partial charge >= 0.3 is 0 Å². The molecule has 0 aliphatic carbocycles. The lowest BCUT2D eigenvalue weighted by Crippen LogP contribution is -2.43. The van der Waals surface area contributed by atoms with Gasteiger partial charge < -0.3 is 11.1 Å². The third kappa shape index (κ3) is 4.38. The molecule has 3 N–H and O–H groups in total. The first-order chi connectivity index (χ1) is 5.11. The van der Waals surface area contributed by atoms with Crippen LogP contribution < -0.4 is 11.1 Å². The van der Waals surface area contributed by atoms with E-state index in [9.17, 15) is 0 Å². The van der Waals surface area contributed by atoms with E-state index in [1.54, 1.807) is 0 Å². The molecular formula is C9H22N2. The van der Waals surface area contributed by atoms with Crippen molar-refractivity contribution in [3.05, 3.63) is 0 Å². The summed E-state index contributed by atoms with van der Waals surface area (Å²) in [5.74, 6) is 0.703. The zero-order valence-corrected chi connectivity index (χ0v) is 8.22. The van der Waals surface area contributed by atoms with Crippen molar-refractivity contribution in [1.82, 2.24) is 5.32 Å². The maximum Gasteiger partial charge on any atom is 0.0164 e. The van der Waals surface area contributed by atoms with E-state index in [0.717, 1.165) is 6.54 Å². The Kier molecular flexibility index (Phi) is 5.51. The summed E-state index contributed by atoms with van der Waals surface area (Å²) in [7, 11) is 0. The molecule has 0 saturated heterocycles. The van der Waals surface area contributed by atoms with Gasteiger partial charge in [-0.15, -0.1) is 0 Å². The molecule has 0 aliphatic heterocycles. The topological polar surface area (TPSA) is 38.0 Å². The van der Waals surface area contributed by atoms with E-state index >= 15 is 0 Å². The molecule has 0 fully saturated rings. The van der Waals surface area contributed by atoms with Gasteiger partial charge in [-0.1, -0.05) is 20.8 Å². The summed E-state index contributed by atoms with van der Waals surface area (Å²) in [6.45, 7) is 9.55. The lowest BCUT2D eigenvalue weighted by molar-refractivity contribution is 0.355. The fourth-order valence-electron chi connectivity index (χ4n) is 1.22. The Morgan fingerprint density at radius 3 is 2.09 bits per heavy atom. The minimum Gasteiger partial charge on any atom is -0.329 e. The lowest BCUT2D eigenvalue weighted by Gasteiger charge is -2.24. The Labute approximate surface area is 70.5 Å². The number of hydrogen-bond donors (Lipinski definition) is 2. The van der Waals surface area contributed by atoms with Crippen molar-refractivity contribution in [1.29, 1.82) is 0 Å². The highest BCUT2D eigenvalue weighted by Gasteiger charge is 2.11. The highest BCUT2D eigenvalue weighted by molar-refractivity contribution is 4.73. The van der Waals surface area contributed by atoms with Crippen molar-refractivity contribution >= 4 is 0 Å². The van der Waals surface area contributed by atoms with Gasteiger partial charge in [0.15, 0.2) is 0 Å². The molecular weight excluding hydrogens is 136 g/mol. The van der Waals surface area contributed by atoms with Crippen LogP contribution in [0, 0.1) is 5.92 Å². The maximum atomic E-state index is 5.51. The van der Waals surface area contributed by atoms with E-state index in [-0.39, 0.29) is 0 Å². The second-order valence-electron chi connectivity index (χ2n) is 3.56. The van der Waals surface area contributed by atoms with Crippen LogP contribution in [0.5, 0.6) is 0 Å². The largest absolute Gasteiger partial charge is 0.329 e. The molecule has 0 radical (unpaired) electrons. The van der Waals surface area contributed by atoms with Gasteiger partial charge in [0, 0.05) is 18.6 Å². The average molecular weight is 158 g/mol. The molecule has 2 atom stereocenters. The Hall–Kier alpha value is -0.0800. The first-order valence-electron chi connectivity index (χ1n) is 4.57. The number of rotatable bonds is 5. The van der Waals surface area contributed by atoms with Crippen LogP contribution in [-0.4, -0.2) is 18.6 Å². The van der Waals surface area contributed by atoms with Gasteiger partial charge in [0.1, 0.15) is 0 Å². The molecule has 2 unspecified atom stereocenters. The molecule has 68 valence electrons. The van der Waals surface area contributed by atoms with Crippen LogP contribution in [0.3, 0.4) is 0 Å². The van der Waals surface area contributed by atoms with Gasteiger partial charge in [0.25, 0.3) is 0 Å². The van der Waals surface area contributed by atoms with Crippen LogP contribution in [0.15, 0.2) is 0 Å². The summed E-state index contributed by atoms with van der Waals surface area (Å²) >= 11 is 0. The molecule has 0 aromatic carbocycles. The molecule has 0 heterocycles. The van der Waals surface area contributed by atoms with E-state index in [4.69, 9.17) is 5.73 Å². The van der Waals surface area contributed by atoms with Crippen molar-refractivity contribution in [3.63, 3.8) is 0 Å². The molecule has 0 saturated carbocycles. The monoisotopic (exact) mass is 158 g/mol. The fraction of sp³-hybridized carbons (Fsp3) is 1.00. The minimum atomic E-state index is 0.447. The summed E-state index contributed by atoms with van der Waals surface area (Å²) in [6.07, 6.45) is 1.18. The van der Waals surface area contributed by atoms with Gasteiger partial charge in [-0.2, -0.15) is 0 Å². The van der Waals surface area contributed by atoms with Crippen LogP contribution in [0.1, 0.15) is 34.1 Å². The molecule has 0 rings (SSSR count). The third-order valence-corrected chi connectivity index (χ3v) is 2.10.